The number of methoxy groups -OCH3 is 1. The molecule has 7 heteroatoms. The van der Waals surface area contributed by atoms with Crippen molar-refractivity contribution in [1.82, 2.24) is 9.55 Å². The van der Waals surface area contributed by atoms with Crippen molar-refractivity contribution in [2.24, 2.45) is 0 Å². The van der Waals surface area contributed by atoms with Gasteiger partial charge in [0, 0.05) is 5.56 Å². The number of carbonyl (C=O) groups excluding carboxylic acids is 1. The fourth-order valence-electron chi connectivity index (χ4n) is 2.49. The van der Waals surface area contributed by atoms with Crippen LogP contribution in [0.1, 0.15) is 0 Å². The van der Waals surface area contributed by atoms with Gasteiger partial charge in [-0.25, -0.2) is 9.78 Å². The summed E-state index contributed by atoms with van der Waals surface area (Å²) in [5.41, 5.74) is 2.23. The zero-order valence-corrected chi connectivity index (χ0v) is 13.5. The standard InChI is InChI=1S/C18H16N2O5/c1-24-17(23)11-25-13-8-6-12(7-9-13)18-19-14-4-2-3-5-15(14)20(18)10-16(21)22/h2-9H,10-11H2,1H3,(H,21,22). The van der Waals surface area contributed by atoms with Crippen LogP contribution >= 0.6 is 0 Å². The lowest BCUT2D eigenvalue weighted by Crippen LogP contribution is -2.12. The predicted octanol–water partition coefficient (Wildman–Crippen LogP) is 2.34. The maximum absolute atomic E-state index is 11.2. The molecule has 3 aromatic rings. The zero-order valence-electron chi connectivity index (χ0n) is 13.5. The predicted molar refractivity (Wildman–Crippen MR) is 90.3 cm³/mol. The first-order valence-corrected chi connectivity index (χ1v) is 7.55. The van der Waals surface area contributed by atoms with Crippen LogP contribution in [0.2, 0.25) is 0 Å². The highest BCUT2D eigenvalue weighted by atomic mass is 16.6. The fourth-order valence-corrected chi connectivity index (χ4v) is 2.49. The van der Waals surface area contributed by atoms with E-state index in [1.165, 1.54) is 7.11 Å². The minimum atomic E-state index is -0.942. The Morgan fingerprint density at radius 2 is 1.84 bits per heavy atom. The van der Waals surface area contributed by atoms with Crippen molar-refractivity contribution in [2.45, 2.75) is 6.54 Å². The molecule has 0 amide bonds. The Kier molecular flexibility index (Phi) is 4.65. The first kappa shape index (κ1) is 16.5. The van der Waals surface area contributed by atoms with Gasteiger partial charge in [-0.15, -0.1) is 0 Å². The van der Waals surface area contributed by atoms with Crippen molar-refractivity contribution in [2.75, 3.05) is 13.7 Å². The maximum Gasteiger partial charge on any atom is 0.343 e. The number of esters is 1. The number of aliphatic carboxylic acids is 1. The monoisotopic (exact) mass is 340 g/mol. The molecule has 0 saturated carbocycles. The molecule has 7 nitrogen and oxygen atoms in total. The Hall–Kier alpha value is -3.35. The largest absolute Gasteiger partial charge is 0.482 e. The summed E-state index contributed by atoms with van der Waals surface area (Å²) in [5.74, 6) is -0.340. The number of benzene rings is 2. The molecule has 0 spiro atoms. The van der Waals surface area contributed by atoms with Gasteiger partial charge in [0.1, 0.15) is 18.1 Å². The molecule has 0 aliphatic rings. The van der Waals surface area contributed by atoms with Crippen molar-refractivity contribution < 1.29 is 24.2 Å². The van der Waals surface area contributed by atoms with Gasteiger partial charge in [0.05, 0.1) is 18.1 Å². The van der Waals surface area contributed by atoms with E-state index in [0.29, 0.717) is 11.6 Å². The molecule has 0 aliphatic heterocycles. The van der Waals surface area contributed by atoms with E-state index in [-0.39, 0.29) is 13.2 Å². The summed E-state index contributed by atoms with van der Waals surface area (Å²) in [6.45, 7) is -0.357. The number of hydrogen-bond acceptors (Lipinski definition) is 5. The minimum absolute atomic E-state index is 0.173. The number of carboxylic acids is 1. The smallest absolute Gasteiger partial charge is 0.343 e. The second kappa shape index (κ2) is 7.04. The van der Waals surface area contributed by atoms with E-state index < -0.39 is 11.9 Å². The van der Waals surface area contributed by atoms with Crippen LogP contribution < -0.4 is 4.74 Å². The average molecular weight is 340 g/mol. The summed E-state index contributed by atoms with van der Waals surface area (Å²) in [5, 5.41) is 9.19. The van der Waals surface area contributed by atoms with Crippen molar-refractivity contribution in [3.8, 4) is 17.1 Å². The zero-order chi connectivity index (χ0) is 17.8. The van der Waals surface area contributed by atoms with Crippen LogP contribution in [0.5, 0.6) is 5.75 Å². The summed E-state index contributed by atoms with van der Waals surface area (Å²) >= 11 is 0. The molecule has 1 aromatic heterocycles. The van der Waals surface area contributed by atoms with E-state index >= 15 is 0 Å². The Morgan fingerprint density at radius 1 is 1.12 bits per heavy atom. The Morgan fingerprint density at radius 3 is 2.52 bits per heavy atom. The third kappa shape index (κ3) is 3.60. The van der Waals surface area contributed by atoms with Gasteiger partial charge in [0.2, 0.25) is 0 Å². The third-order valence-corrected chi connectivity index (χ3v) is 3.64. The topological polar surface area (TPSA) is 90.7 Å². The normalized spacial score (nSPS) is 10.6. The van der Waals surface area contributed by atoms with E-state index in [1.807, 2.05) is 24.3 Å². The van der Waals surface area contributed by atoms with Gasteiger partial charge in [-0.2, -0.15) is 0 Å². The average Bonchev–Trinajstić information content (AvgIpc) is 2.98. The lowest BCUT2D eigenvalue weighted by Gasteiger charge is -2.08. The molecule has 0 fully saturated rings. The number of hydrogen-bond donors (Lipinski definition) is 1. The van der Waals surface area contributed by atoms with Gasteiger partial charge in [0.15, 0.2) is 6.61 Å². The summed E-state index contributed by atoms with van der Waals surface area (Å²) < 4.78 is 11.5. The summed E-state index contributed by atoms with van der Waals surface area (Å²) in [6.07, 6.45) is 0. The molecule has 0 radical (unpaired) electrons. The molecule has 1 N–H and O–H groups in total. The molecule has 0 aliphatic carbocycles. The molecule has 0 unspecified atom stereocenters. The first-order valence-electron chi connectivity index (χ1n) is 7.55. The van der Waals surface area contributed by atoms with Gasteiger partial charge < -0.3 is 19.1 Å². The Balaban J connectivity index is 1.93. The van der Waals surface area contributed by atoms with Gasteiger partial charge in [-0.3, -0.25) is 4.79 Å². The number of ether oxygens (including phenoxy) is 2. The number of fused-ring (bicyclic) bond motifs is 1. The number of carboxylic acid groups (broad SMARTS) is 1. The molecular formula is C18H16N2O5. The molecule has 2 aromatic carbocycles. The lowest BCUT2D eigenvalue weighted by molar-refractivity contribution is -0.143. The molecular weight excluding hydrogens is 324 g/mol. The summed E-state index contributed by atoms with van der Waals surface area (Å²) in [4.78, 5) is 26.9. The molecule has 1 heterocycles. The van der Waals surface area contributed by atoms with E-state index in [2.05, 4.69) is 9.72 Å². The van der Waals surface area contributed by atoms with Gasteiger partial charge >= 0.3 is 11.9 Å². The van der Waals surface area contributed by atoms with E-state index in [0.717, 1.165) is 16.6 Å². The molecule has 3 rings (SSSR count). The number of imidazole rings is 1. The quantitative estimate of drug-likeness (QED) is 0.693. The lowest BCUT2D eigenvalue weighted by atomic mass is 10.2. The molecule has 0 saturated heterocycles. The van der Waals surface area contributed by atoms with Gasteiger partial charge in [-0.1, -0.05) is 12.1 Å². The Bertz CT molecular complexity index is 915. The molecule has 0 bridgehead atoms. The van der Waals surface area contributed by atoms with Crippen LogP contribution in [-0.4, -0.2) is 40.3 Å². The first-order chi connectivity index (χ1) is 12.1. The van der Waals surface area contributed by atoms with Crippen molar-refractivity contribution in [1.29, 1.82) is 0 Å². The summed E-state index contributed by atoms with van der Waals surface area (Å²) in [7, 11) is 1.29. The second-order valence-corrected chi connectivity index (χ2v) is 5.29. The van der Waals surface area contributed by atoms with Crippen LogP contribution in [0.25, 0.3) is 22.4 Å². The van der Waals surface area contributed by atoms with Crippen LogP contribution in [0.4, 0.5) is 0 Å². The second-order valence-electron chi connectivity index (χ2n) is 5.29. The van der Waals surface area contributed by atoms with Crippen molar-refractivity contribution in [3.63, 3.8) is 0 Å². The third-order valence-electron chi connectivity index (χ3n) is 3.64. The summed E-state index contributed by atoms with van der Waals surface area (Å²) in [6, 6.07) is 14.3. The van der Waals surface area contributed by atoms with Crippen LogP contribution in [-0.2, 0) is 20.9 Å². The van der Waals surface area contributed by atoms with E-state index in [9.17, 15) is 14.7 Å². The number of rotatable bonds is 6. The minimum Gasteiger partial charge on any atom is -0.482 e. The maximum atomic E-state index is 11.2. The Labute approximate surface area is 143 Å². The van der Waals surface area contributed by atoms with Crippen LogP contribution in [0, 0.1) is 0 Å². The number of para-hydroxylation sites is 2. The number of carbonyl (C=O) groups is 2. The van der Waals surface area contributed by atoms with Gasteiger partial charge in [-0.05, 0) is 36.4 Å². The van der Waals surface area contributed by atoms with Crippen molar-refractivity contribution in [3.05, 3.63) is 48.5 Å². The van der Waals surface area contributed by atoms with E-state index in [1.54, 1.807) is 28.8 Å². The molecule has 128 valence electrons. The number of nitrogens with zero attached hydrogens (tertiary/aromatic N) is 2. The SMILES string of the molecule is COC(=O)COc1ccc(-c2nc3ccccc3n2CC(=O)O)cc1. The van der Waals surface area contributed by atoms with Gasteiger partial charge in [0.25, 0.3) is 0 Å². The fraction of sp³-hybridized carbons (Fsp3) is 0.167. The van der Waals surface area contributed by atoms with Crippen LogP contribution in [0.15, 0.2) is 48.5 Å². The molecule has 25 heavy (non-hydrogen) atoms. The highest BCUT2D eigenvalue weighted by Gasteiger charge is 2.14. The highest BCUT2D eigenvalue weighted by molar-refractivity contribution is 5.82. The van der Waals surface area contributed by atoms with Crippen molar-refractivity contribution >= 4 is 23.0 Å². The highest BCUT2D eigenvalue weighted by Crippen LogP contribution is 2.26. The van der Waals surface area contributed by atoms with Crippen LogP contribution in [0.3, 0.4) is 0 Å². The number of aromatic nitrogens is 2. The molecule has 0 atom stereocenters. The van der Waals surface area contributed by atoms with E-state index in [4.69, 9.17) is 4.74 Å².